The van der Waals surface area contributed by atoms with Gasteiger partial charge in [0.05, 0.1) is 26.7 Å². The van der Waals surface area contributed by atoms with Gasteiger partial charge in [-0.3, -0.25) is 0 Å². The SMILES string of the molecule is CCCC[N+]1(C)CCCC1.O.[OH-]. The molecule has 3 heteroatoms. The van der Waals surface area contributed by atoms with Crippen molar-refractivity contribution in [3.05, 3.63) is 0 Å². The van der Waals surface area contributed by atoms with Crippen LogP contribution < -0.4 is 0 Å². The molecule has 1 heterocycles. The summed E-state index contributed by atoms with van der Waals surface area (Å²) in [5.41, 5.74) is 0. The van der Waals surface area contributed by atoms with Gasteiger partial charge in [0.1, 0.15) is 0 Å². The van der Waals surface area contributed by atoms with Crippen molar-refractivity contribution >= 4 is 0 Å². The lowest BCUT2D eigenvalue weighted by atomic mass is 10.3. The van der Waals surface area contributed by atoms with E-state index in [4.69, 9.17) is 0 Å². The van der Waals surface area contributed by atoms with Crippen LogP contribution in [0.15, 0.2) is 0 Å². The van der Waals surface area contributed by atoms with Crippen LogP contribution >= 0.6 is 0 Å². The van der Waals surface area contributed by atoms with Gasteiger partial charge in [-0.1, -0.05) is 13.3 Å². The predicted octanol–water partition coefficient (Wildman–Crippen LogP) is 1.03. The van der Waals surface area contributed by atoms with Gasteiger partial charge in [-0.05, 0) is 6.42 Å². The van der Waals surface area contributed by atoms with Gasteiger partial charge in [-0.25, -0.2) is 0 Å². The monoisotopic (exact) mass is 177 g/mol. The maximum atomic E-state index is 2.41. The minimum atomic E-state index is 0. The Morgan fingerprint density at radius 2 is 1.67 bits per heavy atom. The van der Waals surface area contributed by atoms with Crippen molar-refractivity contribution in [3.8, 4) is 0 Å². The molecule has 1 fully saturated rings. The molecule has 0 saturated carbocycles. The van der Waals surface area contributed by atoms with Crippen molar-refractivity contribution in [1.82, 2.24) is 0 Å². The molecule has 12 heavy (non-hydrogen) atoms. The topological polar surface area (TPSA) is 61.5 Å². The van der Waals surface area contributed by atoms with Crippen LogP contribution in [-0.2, 0) is 0 Å². The second-order valence-corrected chi connectivity index (χ2v) is 3.85. The molecule has 0 aromatic heterocycles. The van der Waals surface area contributed by atoms with E-state index in [0.717, 1.165) is 0 Å². The fourth-order valence-electron chi connectivity index (χ4n) is 1.86. The summed E-state index contributed by atoms with van der Waals surface area (Å²) in [6, 6.07) is 0. The van der Waals surface area contributed by atoms with Crippen molar-refractivity contribution in [2.24, 2.45) is 0 Å². The first-order valence-electron chi connectivity index (χ1n) is 4.60. The summed E-state index contributed by atoms with van der Waals surface area (Å²) in [7, 11) is 2.41. The average Bonchev–Trinajstić information content (AvgIpc) is 2.33. The van der Waals surface area contributed by atoms with Gasteiger partial charge < -0.3 is 15.4 Å². The van der Waals surface area contributed by atoms with Crippen LogP contribution in [0.2, 0.25) is 0 Å². The number of rotatable bonds is 3. The van der Waals surface area contributed by atoms with Gasteiger partial charge in [0.2, 0.25) is 0 Å². The van der Waals surface area contributed by atoms with Crippen molar-refractivity contribution < 1.29 is 15.4 Å². The number of hydrogen-bond acceptors (Lipinski definition) is 1. The highest BCUT2D eigenvalue weighted by Crippen LogP contribution is 2.16. The molecule has 1 aliphatic rings. The quantitative estimate of drug-likeness (QED) is 0.594. The zero-order valence-corrected chi connectivity index (χ0v) is 8.34. The molecule has 0 atom stereocenters. The molecular weight excluding hydrogens is 154 g/mol. The Morgan fingerprint density at radius 1 is 1.17 bits per heavy atom. The molecule has 76 valence electrons. The summed E-state index contributed by atoms with van der Waals surface area (Å²) >= 11 is 0. The Morgan fingerprint density at radius 3 is 2.08 bits per heavy atom. The number of unbranched alkanes of at least 4 members (excludes halogenated alkanes) is 1. The summed E-state index contributed by atoms with van der Waals surface area (Å²) in [4.78, 5) is 0. The maximum absolute atomic E-state index is 2.41. The molecule has 0 aromatic carbocycles. The second kappa shape index (κ2) is 6.40. The van der Waals surface area contributed by atoms with Crippen molar-refractivity contribution in [2.45, 2.75) is 32.6 Å². The van der Waals surface area contributed by atoms with Crippen LogP contribution in [0.1, 0.15) is 32.6 Å². The Kier molecular flexibility index (Phi) is 7.69. The lowest BCUT2D eigenvalue weighted by Crippen LogP contribution is -2.41. The number of likely N-dealkylation sites (tertiary alicyclic amines) is 1. The van der Waals surface area contributed by atoms with Crippen molar-refractivity contribution in [3.63, 3.8) is 0 Å². The molecule has 0 amide bonds. The van der Waals surface area contributed by atoms with E-state index in [1.54, 1.807) is 0 Å². The van der Waals surface area contributed by atoms with Gasteiger partial charge >= 0.3 is 0 Å². The van der Waals surface area contributed by atoms with Crippen LogP contribution in [0.4, 0.5) is 0 Å². The summed E-state index contributed by atoms with van der Waals surface area (Å²) in [6.45, 7) is 6.55. The van der Waals surface area contributed by atoms with Crippen LogP contribution in [0, 0.1) is 0 Å². The Hall–Kier alpha value is -0.120. The summed E-state index contributed by atoms with van der Waals surface area (Å²) in [5.74, 6) is 0. The molecule has 0 aliphatic carbocycles. The second-order valence-electron chi connectivity index (χ2n) is 3.85. The van der Waals surface area contributed by atoms with Gasteiger partial charge in [-0.15, -0.1) is 0 Å². The third kappa shape index (κ3) is 4.04. The number of hydrogen-bond donors (Lipinski definition) is 0. The summed E-state index contributed by atoms with van der Waals surface area (Å²) in [5, 5.41) is 0. The fraction of sp³-hybridized carbons (Fsp3) is 1.00. The lowest BCUT2D eigenvalue weighted by molar-refractivity contribution is -0.897. The fourth-order valence-corrected chi connectivity index (χ4v) is 1.86. The Labute approximate surface area is 75.6 Å². The molecule has 0 bridgehead atoms. The van der Waals surface area contributed by atoms with E-state index < -0.39 is 0 Å². The standard InChI is InChI=1S/C9H20N.2H2O/c1-3-4-7-10(2)8-5-6-9-10;;/h3-9H2,1-2H3;2*1H2/q+1;;/p-1. The third-order valence-corrected chi connectivity index (χ3v) is 2.70. The number of quaternary nitrogens is 1. The first-order chi connectivity index (χ1) is 4.77. The molecule has 0 radical (unpaired) electrons. The number of nitrogens with zero attached hydrogens (tertiary/aromatic N) is 1. The maximum Gasteiger partial charge on any atom is 0.0786 e. The van der Waals surface area contributed by atoms with Gasteiger partial charge in [-0.2, -0.15) is 0 Å². The zero-order chi connectivity index (χ0) is 7.45. The van der Waals surface area contributed by atoms with Crippen LogP contribution in [0.3, 0.4) is 0 Å². The molecule has 0 unspecified atom stereocenters. The minimum Gasteiger partial charge on any atom is -0.870 e. The molecule has 1 saturated heterocycles. The van der Waals surface area contributed by atoms with E-state index in [1.807, 2.05) is 0 Å². The molecular formula is C9H23NO2. The van der Waals surface area contributed by atoms with Gasteiger partial charge in [0.25, 0.3) is 0 Å². The highest BCUT2D eigenvalue weighted by Gasteiger charge is 2.25. The molecule has 3 N–H and O–H groups in total. The lowest BCUT2D eigenvalue weighted by Gasteiger charge is -2.28. The van der Waals surface area contributed by atoms with E-state index in [1.165, 1.54) is 49.8 Å². The largest absolute Gasteiger partial charge is 0.870 e. The molecule has 1 rings (SSSR count). The smallest absolute Gasteiger partial charge is 0.0786 e. The molecule has 0 aromatic rings. The normalized spacial score (nSPS) is 19.5. The third-order valence-electron chi connectivity index (χ3n) is 2.70. The van der Waals surface area contributed by atoms with Gasteiger partial charge in [0.15, 0.2) is 0 Å². The van der Waals surface area contributed by atoms with Crippen LogP contribution in [0.5, 0.6) is 0 Å². The highest BCUT2D eigenvalue weighted by atomic mass is 16.0. The van der Waals surface area contributed by atoms with Gasteiger partial charge in [0, 0.05) is 12.8 Å². The molecule has 3 nitrogen and oxygen atoms in total. The van der Waals surface area contributed by atoms with Crippen LogP contribution in [0.25, 0.3) is 0 Å². The predicted molar refractivity (Wildman–Crippen MR) is 50.5 cm³/mol. The van der Waals surface area contributed by atoms with E-state index in [9.17, 15) is 0 Å². The Balaban J connectivity index is 0. The highest BCUT2D eigenvalue weighted by molar-refractivity contribution is 4.51. The van der Waals surface area contributed by atoms with E-state index >= 15 is 0 Å². The van der Waals surface area contributed by atoms with E-state index in [2.05, 4.69) is 14.0 Å². The molecule has 0 spiro atoms. The minimum absolute atomic E-state index is 0. The first kappa shape index (κ1) is 14.4. The van der Waals surface area contributed by atoms with E-state index in [0.29, 0.717) is 0 Å². The van der Waals surface area contributed by atoms with Crippen molar-refractivity contribution in [1.29, 1.82) is 0 Å². The molecule has 1 aliphatic heterocycles. The summed E-state index contributed by atoms with van der Waals surface area (Å²) < 4.78 is 1.36. The average molecular weight is 177 g/mol. The van der Waals surface area contributed by atoms with Crippen LogP contribution in [-0.4, -0.2) is 42.1 Å². The zero-order valence-electron chi connectivity index (χ0n) is 8.34. The summed E-state index contributed by atoms with van der Waals surface area (Å²) in [6.07, 6.45) is 5.69. The van der Waals surface area contributed by atoms with Crippen molar-refractivity contribution in [2.75, 3.05) is 26.7 Å². The van der Waals surface area contributed by atoms with E-state index in [-0.39, 0.29) is 11.0 Å². The first-order valence-corrected chi connectivity index (χ1v) is 4.60. The Bertz CT molecular complexity index is 101.